The molecule has 124 valence electrons. The van der Waals surface area contributed by atoms with Crippen LogP contribution >= 0.6 is 0 Å². The summed E-state index contributed by atoms with van der Waals surface area (Å²) >= 11 is 0. The van der Waals surface area contributed by atoms with Crippen LogP contribution in [0.1, 0.15) is 0 Å². The molecule has 20 heteroatoms. The van der Waals surface area contributed by atoms with E-state index in [0.717, 1.165) is 0 Å². The Morgan fingerprint density at radius 3 is 1.00 bits per heavy atom. The van der Waals surface area contributed by atoms with E-state index in [1.54, 1.807) is 0 Å². The molecular formula is BBeDyErEuGaGdHoInLaMgNdPmPrScSmTbTmYYb. The smallest absolute Gasteiger partial charge is 0 e. The second-order valence-electron chi connectivity index (χ2n) is 0. The van der Waals surface area contributed by atoms with Crippen LogP contribution in [0.25, 0.3) is 0 Å². The van der Waals surface area contributed by atoms with E-state index in [1.165, 1.54) is 0 Å². The molecule has 0 saturated heterocycles. The number of hydrogen-bond acceptors (Lipinski definition) is 0. The average molecular weight is 2390 g/mol. The van der Waals surface area contributed by atoms with Crippen LogP contribution in [0.4, 0.5) is 0 Å². The first kappa shape index (κ1) is 146. The van der Waals surface area contributed by atoms with Crippen LogP contribution in [-0.2, 0) is 58.6 Å². The Bertz CT molecular complexity index is 86.4. The summed E-state index contributed by atoms with van der Waals surface area (Å²) in [4.78, 5) is 0. The second-order valence-corrected chi connectivity index (χ2v) is 0. The van der Waals surface area contributed by atoms with Crippen molar-refractivity contribution in [2.75, 3.05) is 0 Å². The van der Waals surface area contributed by atoms with Gasteiger partial charge in [-0.2, -0.15) is 0 Å². The van der Waals surface area contributed by atoms with Crippen molar-refractivity contribution in [2.45, 2.75) is 0 Å². The Balaban J connectivity index is 0. The van der Waals surface area contributed by atoms with Gasteiger partial charge in [0.2, 0.25) is 0 Å². The van der Waals surface area contributed by atoms with Crippen molar-refractivity contribution in [1.29, 1.82) is 0 Å². The molecule has 0 unspecified atom stereocenters. The van der Waals surface area contributed by atoms with Gasteiger partial charge in [-0.15, -0.1) is 0 Å². The summed E-state index contributed by atoms with van der Waals surface area (Å²) in [6.45, 7) is 0. The first-order chi connectivity index (χ1) is 0. The Hall–Kier alpha value is 21.8. The van der Waals surface area contributed by atoms with E-state index < -0.39 is 0 Å². The molecular weight excluding hydrogens is 2390 g/mol. The average Bonchev–Trinajstić information content (AvgIpc) is 0. The number of hydrogen-bond donors (Lipinski definition) is 0. The largest absolute Gasteiger partial charge is 0 e. The fourth-order valence-electron chi connectivity index (χ4n) is 0. The minimum atomic E-state index is 0. The molecule has 0 spiro atoms. The van der Waals surface area contributed by atoms with Crippen LogP contribution in [0, 0.1) is 523 Å². The van der Waals surface area contributed by atoms with Crippen LogP contribution in [0.2, 0.25) is 0 Å². The van der Waals surface area contributed by atoms with Gasteiger partial charge in [-0.3, -0.25) is 0 Å². The second kappa shape index (κ2) is 136. The van der Waals surface area contributed by atoms with Crippen LogP contribution in [0.5, 0.6) is 0 Å². The maximum Gasteiger partial charge on any atom is 0 e. The van der Waals surface area contributed by atoms with E-state index in [2.05, 4.69) is 0 Å². The van der Waals surface area contributed by atoms with Gasteiger partial charge >= 0.3 is 0 Å². The van der Waals surface area contributed by atoms with E-state index in [-0.39, 0.29) is 669 Å². The van der Waals surface area contributed by atoms with Gasteiger partial charge in [0.1, 0.15) is 0 Å². The molecule has 0 aromatic rings. The van der Waals surface area contributed by atoms with Gasteiger partial charge in [-0.05, 0) is 0 Å². The van der Waals surface area contributed by atoms with E-state index in [4.69, 9.17) is 0 Å². The van der Waals surface area contributed by atoms with Crippen molar-refractivity contribution in [3.8, 4) is 0 Å². The third-order valence-corrected chi connectivity index (χ3v) is 0. The van der Waals surface area contributed by atoms with Crippen molar-refractivity contribution in [3.63, 3.8) is 0 Å². The summed E-state index contributed by atoms with van der Waals surface area (Å²) in [5.74, 6) is 0. The Morgan fingerprint density at radius 2 is 1.00 bits per heavy atom. The molecule has 0 aliphatic rings. The molecule has 0 saturated carbocycles. The van der Waals surface area contributed by atoms with Crippen molar-refractivity contribution >= 4 is 87.2 Å². The van der Waals surface area contributed by atoms with Gasteiger partial charge in [0, 0.05) is 669 Å². The fourth-order valence-corrected chi connectivity index (χ4v) is 0. The molecule has 0 bridgehead atoms. The van der Waals surface area contributed by atoms with Crippen molar-refractivity contribution in [1.82, 2.24) is 0 Å². The van der Waals surface area contributed by atoms with E-state index in [0.29, 0.717) is 0 Å². The van der Waals surface area contributed by atoms with Crippen molar-refractivity contribution in [2.24, 2.45) is 0 Å². The zero-order chi connectivity index (χ0) is 0. The summed E-state index contributed by atoms with van der Waals surface area (Å²) in [5.41, 5.74) is 0. The van der Waals surface area contributed by atoms with Gasteiger partial charge in [-0.25, -0.2) is 0 Å². The standard InChI is InChI=1S/B.Be.Dy.Er.Eu.Ga.Gd.Ho.In.La.Mg.Nd.Pm.Pr.Sc.Sm.Tb.Tm.Y.Yb. The molecule has 0 atom stereocenters. The molecule has 0 fully saturated rings. The molecule has 0 rings (SSSR count). The molecule has 0 N–H and O–H groups in total. The summed E-state index contributed by atoms with van der Waals surface area (Å²) in [5, 5.41) is 0. The summed E-state index contributed by atoms with van der Waals surface area (Å²) in [7, 11) is 0. The number of rotatable bonds is 0. The third-order valence-electron chi connectivity index (χ3n) is 0. The molecule has 0 heterocycles. The fraction of sp³-hybridized carbons (Fsp3) is 0. The first-order valence-corrected chi connectivity index (χ1v) is 0. The molecule has 20 heavy (non-hydrogen) atoms. The predicted molar refractivity (Wildman–Crippen MR) is 28.8 cm³/mol. The molecule has 0 aliphatic heterocycles. The summed E-state index contributed by atoms with van der Waals surface area (Å²) in [6, 6.07) is 0. The first-order valence-electron chi connectivity index (χ1n) is 0. The monoisotopic (exact) mass is 2390 g/mol. The van der Waals surface area contributed by atoms with E-state index in [9.17, 15) is 0 Å². The predicted octanol–water partition coefficient (Wildman–Crippen LogP) is -1.91. The van der Waals surface area contributed by atoms with Gasteiger partial charge in [0.25, 0.3) is 0 Å². The van der Waals surface area contributed by atoms with Crippen LogP contribution < -0.4 is 0 Å². The van der Waals surface area contributed by atoms with Crippen LogP contribution in [0.3, 0.4) is 0 Å². The van der Waals surface area contributed by atoms with E-state index >= 15 is 0 Å². The maximum atomic E-state index is 0. The molecule has 0 aromatic heterocycles. The maximum absolute atomic E-state index is 0. The molecule has 0 aromatic carbocycles. The van der Waals surface area contributed by atoms with Gasteiger partial charge in [0.15, 0.2) is 0 Å². The van der Waals surface area contributed by atoms with Gasteiger partial charge < -0.3 is 0 Å². The Kier molecular flexibility index (Phi) is 996. The molecule has 0 amide bonds. The van der Waals surface area contributed by atoms with Crippen LogP contribution in [0.15, 0.2) is 0 Å². The zero-order valence-corrected chi connectivity index (χ0v) is 53.3. The molecule has 22 radical (unpaired) electrons. The zero-order valence-electron chi connectivity index (χ0n) is 9.33. The molecule has 0 aliphatic carbocycles. The minimum Gasteiger partial charge on any atom is 0 e. The van der Waals surface area contributed by atoms with E-state index in [1.807, 2.05) is 0 Å². The third kappa shape index (κ3) is 126. The van der Waals surface area contributed by atoms with Gasteiger partial charge in [-0.1, -0.05) is 0 Å². The van der Waals surface area contributed by atoms with Crippen molar-refractivity contribution < 1.29 is 582 Å². The normalized spacial score (nSPS) is 0. The molecule has 0 nitrogen and oxygen atoms in total. The van der Waals surface area contributed by atoms with Gasteiger partial charge in [0.05, 0.1) is 0 Å². The minimum absolute atomic E-state index is 0. The summed E-state index contributed by atoms with van der Waals surface area (Å²) < 4.78 is 0. The SMILES string of the molecule is [B].[Be].[Dy].[Er].[Eu].[Ga].[Gd].[Ho].[In].[La].[Mg].[Nd].[Pm].[Pr].[Sc].[Sm].[Tb].[Tm].[Y].[Yb]. The summed E-state index contributed by atoms with van der Waals surface area (Å²) in [6.07, 6.45) is 0. The van der Waals surface area contributed by atoms with Crippen molar-refractivity contribution in [3.05, 3.63) is 0 Å². The topological polar surface area (TPSA) is 0 Å². The Morgan fingerprint density at radius 1 is 1.00 bits per heavy atom. The Labute approximate surface area is 643 Å². The quantitative estimate of drug-likeness (QED) is 0.249. The van der Waals surface area contributed by atoms with Crippen LogP contribution in [-0.4, -0.2) is 87.2 Å².